The van der Waals surface area contributed by atoms with Gasteiger partial charge in [0.2, 0.25) is 11.8 Å². The summed E-state index contributed by atoms with van der Waals surface area (Å²) in [6.45, 7) is 0.180. The molecular weight excluding hydrogens is 417 g/mol. The maximum atomic E-state index is 11.9. The van der Waals surface area contributed by atoms with Gasteiger partial charge in [0.05, 0.1) is 6.54 Å². The Hall–Kier alpha value is -2.09. The Morgan fingerprint density at radius 2 is 1.42 bits per heavy atom. The van der Waals surface area contributed by atoms with E-state index in [4.69, 9.17) is 0 Å². The van der Waals surface area contributed by atoms with E-state index in [1.807, 2.05) is 48.5 Å². The average Bonchev–Trinajstić information content (AvgIpc) is 3.41. The Bertz CT molecular complexity index is 725. The third-order valence-electron chi connectivity index (χ3n) is 3.68. The Balaban J connectivity index is 1.46. The SMILES string of the molecule is O=C(CNc1ccc(NC(=O)C2CC2)cc1)Nc1ccc(I)cc1. The van der Waals surface area contributed by atoms with Crippen molar-refractivity contribution in [2.45, 2.75) is 12.8 Å². The van der Waals surface area contributed by atoms with Crippen LogP contribution in [0.3, 0.4) is 0 Å². The highest BCUT2D eigenvalue weighted by atomic mass is 127. The van der Waals surface area contributed by atoms with Crippen molar-refractivity contribution in [1.29, 1.82) is 0 Å². The van der Waals surface area contributed by atoms with Crippen LogP contribution in [0.25, 0.3) is 0 Å². The number of carbonyl (C=O) groups excluding carboxylic acids is 2. The normalized spacial score (nSPS) is 13.2. The first kappa shape index (κ1) is 16.8. The van der Waals surface area contributed by atoms with Gasteiger partial charge in [0, 0.05) is 26.6 Å². The molecule has 0 aliphatic heterocycles. The summed E-state index contributed by atoms with van der Waals surface area (Å²) in [5.74, 6) is 0.169. The van der Waals surface area contributed by atoms with Crippen LogP contribution >= 0.6 is 22.6 Å². The minimum Gasteiger partial charge on any atom is -0.376 e. The summed E-state index contributed by atoms with van der Waals surface area (Å²) in [6, 6.07) is 15.0. The zero-order valence-electron chi connectivity index (χ0n) is 13.0. The standard InChI is InChI=1S/C18H18IN3O2/c19-13-3-5-15(6-4-13)21-17(23)11-20-14-7-9-16(10-8-14)22-18(24)12-1-2-12/h3-10,12,20H,1-2,11H2,(H,21,23)(H,22,24). The van der Waals surface area contributed by atoms with Crippen molar-refractivity contribution in [3.8, 4) is 0 Å². The summed E-state index contributed by atoms with van der Waals surface area (Å²) in [5, 5.41) is 8.79. The molecule has 2 aromatic carbocycles. The molecule has 2 amide bonds. The summed E-state index contributed by atoms with van der Waals surface area (Å²) in [5.41, 5.74) is 2.39. The van der Waals surface area contributed by atoms with E-state index in [9.17, 15) is 9.59 Å². The molecule has 1 aliphatic carbocycles. The molecule has 0 aromatic heterocycles. The molecule has 2 aromatic rings. The van der Waals surface area contributed by atoms with Crippen molar-refractivity contribution < 1.29 is 9.59 Å². The highest BCUT2D eigenvalue weighted by Gasteiger charge is 2.29. The molecule has 0 saturated heterocycles. The first-order chi connectivity index (χ1) is 11.6. The van der Waals surface area contributed by atoms with Gasteiger partial charge in [0.1, 0.15) is 0 Å². The van der Waals surface area contributed by atoms with Gasteiger partial charge in [-0.3, -0.25) is 9.59 Å². The predicted molar refractivity (Wildman–Crippen MR) is 104 cm³/mol. The van der Waals surface area contributed by atoms with Crippen LogP contribution in [-0.4, -0.2) is 18.4 Å². The van der Waals surface area contributed by atoms with Gasteiger partial charge in [-0.15, -0.1) is 0 Å². The lowest BCUT2D eigenvalue weighted by Gasteiger charge is -2.09. The molecule has 0 heterocycles. The zero-order valence-corrected chi connectivity index (χ0v) is 15.2. The van der Waals surface area contributed by atoms with E-state index in [1.54, 1.807) is 0 Å². The van der Waals surface area contributed by atoms with Crippen molar-refractivity contribution in [3.63, 3.8) is 0 Å². The molecule has 0 bridgehead atoms. The van der Waals surface area contributed by atoms with Gasteiger partial charge in [0.15, 0.2) is 0 Å². The van der Waals surface area contributed by atoms with E-state index in [0.717, 1.165) is 33.5 Å². The number of hydrogen-bond acceptors (Lipinski definition) is 3. The number of halogens is 1. The summed E-state index contributed by atoms with van der Waals surface area (Å²) < 4.78 is 1.12. The van der Waals surface area contributed by atoms with E-state index >= 15 is 0 Å². The van der Waals surface area contributed by atoms with Gasteiger partial charge in [-0.1, -0.05) is 0 Å². The van der Waals surface area contributed by atoms with E-state index in [0.29, 0.717) is 0 Å². The van der Waals surface area contributed by atoms with Crippen molar-refractivity contribution in [1.82, 2.24) is 0 Å². The molecule has 3 rings (SSSR count). The summed E-state index contributed by atoms with van der Waals surface area (Å²) in [4.78, 5) is 23.6. The van der Waals surface area contributed by atoms with Crippen LogP contribution in [0.5, 0.6) is 0 Å². The molecule has 3 N–H and O–H groups in total. The molecule has 0 radical (unpaired) electrons. The van der Waals surface area contributed by atoms with E-state index < -0.39 is 0 Å². The van der Waals surface area contributed by atoms with Crippen LogP contribution in [0.2, 0.25) is 0 Å². The Kier molecular flexibility index (Phi) is 5.34. The topological polar surface area (TPSA) is 70.2 Å². The van der Waals surface area contributed by atoms with Gasteiger partial charge < -0.3 is 16.0 Å². The number of rotatable bonds is 6. The van der Waals surface area contributed by atoms with Crippen LogP contribution in [0, 0.1) is 9.49 Å². The Morgan fingerprint density at radius 1 is 0.875 bits per heavy atom. The molecule has 0 atom stereocenters. The molecule has 0 unspecified atom stereocenters. The Morgan fingerprint density at radius 3 is 2.04 bits per heavy atom. The number of amides is 2. The minimum absolute atomic E-state index is 0.0904. The second-order valence-electron chi connectivity index (χ2n) is 5.75. The van der Waals surface area contributed by atoms with E-state index in [2.05, 4.69) is 38.5 Å². The molecule has 1 aliphatic rings. The molecule has 1 saturated carbocycles. The summed E-state index contributed by atoms with van der Waals surface area (Å²) >= 11 is 2.22. The van der Waals surface area contributed by atoms with Crippen LogP contribution in [0.4, 0.5) is 17.1 Å². The van der Waals surface area contributed by atoms with E-state index in [1.165, 1.54) is 0 Å². The van der Waals surface area contributed by atoms with Gasteiger partial charge in [-0.25, -0.2) is 0 Å². The summed E-state index contributed by atoms with van der Waals surface area (Å²) in [6.07, 6.45) is 1.97. The van der Waals surface area contributed by atoms with E-state index in [-0.39, 0.29) is 24.3 Å². The van der Waals surface area contributed by atoms with Gasteiger partial charge in [-0.05, 0) is 84.0 Å². The van der Waals surface area contributed by atoms with Crippen molar-refractivity contribution in [2.75, 3.05) is 22.5 Å². The van der Waals surface area contributed by atoms with Crippen molar-refractivity contribution in [3.05, 3.63) is 52.1 Å². The summed E-state index contributed by atoms with van der Waals surface area (Å²) in [7, 11) is 0. The molecule has 5 nitrogen and oxygen atoms in total. The second kappa shape index (κ2) is 7.65. The minimum atomic E-state index is -0.109. The van der Waals surface area contributed by atoms with Crippen LogP contribution in [-0.2, 0) is 9.59 Å². The van der Waals surface area contributed by atoms with Crippen LogP contribution < -0.4 is 16.0 Å². The second-order valence-corrected chi connectivity index (χ2v) is 7.00. The molecule has 0 spiro atoms. The molecule has 6 heteroatoms. The quantitative estimate of drug-likeness (QED) is 0.607. The third kappa shape index (κ3) is 4.95. The van der Waals surface area contributed by atoms with Gasteiger partial charge in [0.25, 0.3) is 0 Å². The maximum absolute atomic E-state index is 11.9. The monoisotopic (exact) mass is 435 g/mol. The van der Waals surface area contributed by atoms with Crippen molar-refractivity contribution in [2.24, 2.45) is 5.92 Å². The van der Waals surface area contributed by atoms with Crippen LogP contribution in [0.1, 0.15) is 12.8 Å². The van der Waals surface area contributed by atoms with Crippen LogP contribution in [0.15, 0.2) is 48.5 Å². The van der Waals surface area contributed by atoms with Gasteiger partial charge >= 0.3 is 0 Å². The highest BCUT2D eigenvalue weighted by Crippen LogP contribution is 2.30. The number of nitrogens with one attached hydrogen (secondary N) is 3. The lowest BCUT2D eigenvalue weighted by atomic mass is 10.2. The first-order valence-corrected chi connectivity index (χ1v) is 8.88. The third-order valence-corrected chi connectivity index (χ3v) is 4.40. The molecule has 124 valence electrons. The predicted octanol–water partition coefficient (Wildman–Crippen LogP) is 3.69. The lowest BCUT2D eigenvalue weighted by Crippen LogP contribution is -2.21. The average molecular weight is 435 g/mol. The van der Waals surface area contributed by atoms with Crippen molar-refractivity contribution >= 4 is 51.5 Å². The number of hydrogen-bond donors (Lipinski definition) is 3. The number of benzene rings is 2. The zero-order chi connectivity index (χ0) is 16.9. The smallest absolute Gasteiger partial charge is 0.243 e. The Labute approximate surface area is 154 Å². The first-order valence-electron chi connectivity index (χ1n) is 7.80. The fourth-order valence-electron chi connectivity index (χ4n) is 2.18. The molecule has 1 fully saturated rings. The van der Waals surface area contributed by atoms with Gasteiger partial charge in [-0.2, -0.15) is 0 Å². The number of carbonyl (C=O) groups is 2. The molecule has 24 heavy (non-hydrogen) atoms. The number of anilines is 3. The lowest BCUT2D eigenvalue weighted by molar-refractivity contribution is -0.117. The fraction of sp³-hybridized carbons (Fsp3) is 0.222. The highest BCUT2D eigenvalue weighted by molar-refractivity contribution is 14.1. The fourth-order valence-corrected chi connectivity index (χ4v) is 2.54. The molecular formula is C18H18IN3O2. The maximum Gasteiger partial charge on any atom is 0.243 e. The largest absolute Gasteiger partial charge is 0.376 e.